The van der Waals surface area contributed by atoms with Gasteiger partial charge in [-0.2, -0.15) is 0 Å². The molecule has 0 aliphatic carbocycles. The van der Waals surface area contributed by atoms with Crippen LogP contribution in [0.4, 0.5) is 11.6 Å². The average Bonchev–Trinajstić information content (AvgIpc) is 3.35. The molecule has 0 bridgehead atoms. The van der Waals surface area contributed by atoms with Gasteiger partial charge in [-0.05, 0) is 48.7 Å². The van der Waals surface area contributed by atoms with Crippen molar-refractivity contribution in [1.82, 2.24) is 4.98 Å². The lowest BCUT2D eigenvalue weighted by molar-refractivity contribution is -0.115. The number of carbonyl (C=O) groups is 1. The molecule has 0 radical (unpaired) electrons. The molecule has 6 nitrogen and oxygen atoms in total. The number of rotatable bonds is 9. The van der Waals surface area contributed by atoms with Gasteiger partial charge in [0.25, 0.3) is 0 Å². The molecule has 3 aromatic heterocycles. The van der Waals surface area contributed by atoms with Gasteiger partial charge in [-0.25, -0.2) is 0 Å². The number of nitrogens with zero attached hydrogens (tertiary/aromatic N) is 2. The third-order valence-corrected chi connectivity index (χ3v) is 8.42. The first-order chi connectivity index (χ1) is 20.1. The molecule has 3 aromatic carbocycles. The van der Waals surface area contributed by atoms with E-state index in [4.69, 9.17) is 4.42 Å². The Labute approximate surface area is 242 Å². The van der Waals surface area contributed by atoms with Gasteiger partial charge in [0.05, 0.1) is 11.8 Å². The summed E-state index contributed by atoms with van der Waals surface area (Å²) in [6.07, 6.45) is 5.61. The van der Waals surface area contributed by atoms with Crippen molar-refractivity contribution in [2.45, 2.75) is 33.1 Å². The summed E-state index contributed by atoms with van der Waals surface area (Å²) in [5.41, 5.74) is 4.13. The molecule has 0 atom stereocenters. The van der Waals surface area contributed by atoms with Gasteiger partial charge in [-0.15, -0.1) is 11.3 Å². The second-order valence-electron chi connectivity index (χ2n) is 10.2. The molecule has 0 aliphatic rings. The van der Waals surface area contributed by atoms with Gasteiger partial charge in [-0.3, -0.25) is 14.6 Å². The van der Waals surface area contributed by atoms with Crippen LogP contribution >= 0.6 is 11.3 Å². The highest BCUT2D eigenvalue weighted by Gasteiger charge is 2.18. The second kappa shape index (κ2) is 11.6. The minimum absolute atomic E-state index is 0.0320. The Morgan fingerprint density at radius 2 is 1.68 bits per heavy atom. The van der Waals surface area contributed by atoms with Crippen LogP contribution in [0, 0.1) is 0 Å². The molecule has 1 N–H and O–H groups in total. The Morgan fingerprint density at radius 3 is 2.44 bits per heavy atom. The van der Waals surface area contributed by atoms with Gasteiger partial charge in [0.15, 0.2) is 11.3 Å². The number of aromatic nitrogens is 1. The standard InChI is InChI=1S/C34H31N3O3S/c1-3-16-37(17-4-2)32-20-29(38)27-12-5-9-24(33(27)40-32)25-10-6-11-26-28-19-23(13-14-30(28)41-34(25)26)36-31(39)18-22-8-7-15-35-21-22/h5-15,19-21H,3-4,16-18H2,1-2H3,(H,36,39). The van der Waals surface area contributed by atoms with Crippen LogP contribution < -0.4 is 15.6 Å². The number of nitrogens with one attached hydrogen (secondary N) is 1. The van der Waals surface area contributed by atoms with Gasteiger partial charge in [0, 0.05) is 68.5 Å². The van der Waals surface area contributed by atoms with Gasteiger partial charge in [-0.1, -0.05) is 50.2 Å². The lowest BCUT2D eigenvalue weighted by Gasteiger charge is -2.22. The van der Waals surface area contributed by atoms with Gasteiger partial charge >= 0.3 is 0 Å². The fourth-order valence-corrected chi connectivity index (χ4v) is 6.60. The number of carbonyl (C=O) groups excluding carboxylic acids is 1. The van der Waals surface area contributed by atoms with Gasteiger partial charge in [0.1, 0.15) is 5.58 Å². The normalized spacial score (nSPS) is 11.4. The molecule has 0 saturated heterocycles. The highest BCUT2D eigenvalue weighted by Crippen LogP contribution is 2.42. The van der Waals surface area contributed by atoms with Crippen LogP contribution in [-0.2, 0) is 11.2 Å². The van der Waals surface area contributed by atoms with E-state index in [1.807, 2.05) is 48.5 Å². The molecule has 0 unspecified atom stereocenters. The molecular weight excluding hydrogens is 530 g/mol. The van der Waals surface area contributed by atoms with E-state index in [1.165, 1.54) is 0 Å². The number of hydrogen-bond acceptors (Lipinski definition) is 6. The molecule has 0 spiro atoms. The predicted molar refractivity (Wildman–Crippen MR) is 170 cm³/mol. The summed E-state index contributed by atoms with van der Waals surface area (Å²) in [5, 5.41) is 5.79. The van der Waals surface area contributed by atoms with E-state index in [0.29, 0.717) is 16.9 Å². The van der Waals surface area contributed by atoms with Crippen LogP contribution in [0.5, 0.6) is 0 Å². The highest BCUT2D eigenvalue weighted by molar-refractivity contribution is 7.26. The van der Waals surface area contributed by atoms with Crippen LogP contribution in [0.25, 0.3) is 42.3 Å². The monoisotopic (exact) mass is 561 g/mol. The fraction of sp³-hybridized carbons (Fsp3) is 0.206. The van der Waals surface area contributed by atoms with Crippen LogP contribution in [0.2, 0.25) is 0 Å². The van der Waals surface area contributed by atoms with Crippen molar-refractivity contribution in [1.29, 1.82) is 0 Å². The molecule has 0 aliphatic heterocycles. The van der Waals surface area contributed by atoms with Crippen molar-refractivity contribution in [2.24, 2.45) is 0 Å². The highest BCUT2D eigenvalue weighted by atomic mass is 32.1. The zero-order valence-corrected chi connectivity index (χ0v) is 24.0. The van der Waals surface area contributed by atoms with E-state index in [-0.39, 0.29) is 17.8 Å². The van der Waals surface area contributed by atoms with Crippen molar-refractivity contribution in [2.75, 3.05) is 23.3 Å². The van der Waals surface area contributed by atoms with E-state index in [0.717, 1.165) is 68.5 Å². The number of thiophene rings is 1. The number of pyridine rings is 1. The van der Waals surface area contributed by atoms with Gasteiger partial charge in [0.2, 0.25) is 5.91 Å². The quantitative estimate of drug-likeness (QED) is 0.193. The molecule has 6 aromatic rings. The molecule has 0 saturated carbocycles. The minimum atomic E-state index is -0.0839. The summed E-state index contributed by atoms with van der Waals surface area (Å²) in [6.45, 7) is 5.93. The summed E-state index contributed by atoms with van der Waals surface area (Å²) in [4.78, 5) is 32.2. The Balaban J connectivity index is 1.42. The Bertz CT molecular complexity index is 1920. The largest absolute Gasteiger partial charge is 0.440 e. The van der Waals surface area contributed by atoms with E-state index < -0.39 is 0 Å². The summed E-state index contributed by atoms with van der Waals surface area (Å²) in [5.74, 6) is 0.535. The lowest BCUT2D eigenvalue weighted by atomic mass is 10.0. The van der Waals surface area contributed by atoms with Crippen LogP contribution in [-0.4, -0.2) is 24.0 Å². The Kier molecular flexibility index (Phi) is 7.53. The van der Waals surface area contributed by atoms with Crippen molar-refractivity contribution in [3.63, 3.8) is 0 Å². The van der Waals surface area contributed by atoms with Crippen molar-refractivity contribution in [3.8, 4) is 11.1 Å². The number of anilines is 2. The first kappa shape index (κ1) is 26.7. The maximum atomic E-state index is 13.2. The first-order valence-corrected chi connectivity index (χ1v) is 14.8. The van der Waals surface area contributed by atoms with E-state index in [1.54, 1.807) is 29.8 Å². The number of benzene rings is 3. The third kappa shape index (κ3) is 5.33. The van der Waals surface area contributed by atoms with Gasteiger partial charge < -0.3 is 14.6 Å². The second-order valence-corrected chi connectivity index (χ2v) is 11.3. The topological polar surface area (TPSA) is 75.4 Å². The fourth-order valence-electron chi connectivity index (χ4n) is 5.39. The molecule has 7 heteroatoms. The van der Waals surface area contributed by atoms with Crippen LogP contribution in [0.15, 0.2) is 94.4 Å². The lowest BCUT2D eigenvalue weighted by Crippen LogP contribution is -2.25. The van der Waals surface area contributed by atoms with Crippen LogP contribution in [0.3, 0.4) is 0 Å². The SMILES string of the molecule is CCCN(CCC)c1cc(=O)c2cccc(-c3cccc4c3sc3ccc(NC(=O)Cc5cccnc5)cc34)c2o1. The number of para-hydroxylation sites is 1. The number of hydrogen-bond donors (Lipinski definition) is 1. The predicted octanol–water partition coefficient (Wildman–Crippen LogP) is 8.03. The van der Waals surface area contributed by atoms with E-state index in [2.05, 4.69) is 47.2 Å². The van der Waals surface area contributed by atoms with Crippen molar-refractivity contribution >= 4 is 60.0 Å². The van der Waals surface area contributed by atoms with E-state index >= 15 is 0 Å². The zero-order chi connectivity index (χ0) is 28.3. The molecular formula is C34H31N3O3S. The molecule has 6 rings (SSSR count). The molecule has 0 fully saturated rings. The number of fused-ring (bicyclic) bond motifs is 4. The molecule has 3 heterocycles. The summed E-state index contributed by atoms with van der Waals surface area (Å²) in [7, 11) is 0. The molecule has 1 amide bonds. The summed E-state index contributed by atoms with van der Waals surface area (Å²) < 4.78 is 8.74. The average molecular weight is 562 g/mol. The third-order valence-electron chi connectivity index (χ3n) is 7.20. The van der Waals surface area contributed by atoms with E-state index in [9.17, 15) is 9.59 Å². The van der Waals surface area contributed by atoms with Crippen LogP contribution in [0.1, 0.15) is 32.3 Å². The Hall–Kier alpha value is -4.49. The minimum Gasteiger partial charge on any atom is -0.440 e. The summed E-state index contributed by atoms with van der Waals surface area (Å²) in [6, 6.07) is 23.4. The maximum Gasteiger partial charge on any atom is 0.228 e. The molecule has 41 heavy (non-hydrogen) atoms. The van der Waals surface area contributed by atoms with Crippen molar-refractivity contribution < 1.29 is 9.21 Å². The Morgan fingerprint density at radius 1 is 0.902 bits per heavy atom. The smallest absolute Gasteiger partial charge is 0.228 e. The number of amides is 1. The van der Waals surface area contributed by atoms with Crippen molar-refractivity contribution in [3.05, 3.63) is 101 Å². The molecule has 206 valence electrons. The maximum absolute atomic E-state index is 13.2. The first-order valence-electron chi connectivity index (χ1n) is 14.0. The summed E-state index contributed by atoms with van der Waals surface area (Å²) >= 11 is 1.70. The zero-order valence-electron chi connectivity index (χ0n) is 23.1.